The van der Waals surface area contributed by atoms with Crippen molar-refractivity contribution in [3.63, 3.8) is 0 Å². The Balaban J connectivity index is 1.64. The fraction of sp³-hybridized carbons (Fsp3) is 0.593. The van der Waals surface area contributed by atoms with E-state index in [0.29, 0.717) is 18.6 Å². The molecule has 0 saturated carbocycles. The number of aromatic nitrogens is 2. The lowest BCUT2D eigenvalue weighted by Gasteiger charge is -2.37. The van der Waals surface area contributed by atoms with Gasteiger partial charge in [0.05, 0.1) is 42.5 Å². The van der Waals surface area contributed by atoms with Gasteiger partial charge in [-0.2, -0.15) is 0 Å². The topological polar surface area (TPSA) is 106 Å². The second kappa shape index (κ2) is 13.0. The third-order valence-corrected chi connectivity index (χ3v) is 7.10. The van der Waals surface area contributed by atoms with Crippen LogP contribution >= 0.6 is 0 Å². The highest BCUT2D eigenvalue weighted by atomic mass is 16.5. The number of rotatable bonds is 11. The number of nitrogens with one attached hydrogen (secondary N) is 1. The summed E-state index contributed by atoms with van der Waals surface area (Å²) in [6.07, 6.45) is 7.52. The van der Waals surface area contributed by atoms with E-state index in [-0.39, 0.29) is 12.3 Å². The minimum atomic E-state index is -0.842. The van der Waals surface area contributed by atoms with Crippen molar-refractivity contribution < 1.29 is 24.1 Å². The molecule has 9 nitrogen and oxygen atoms in total. The highest BCUT2D eigenvalue weighted by Gasteiger charge is 2.25. The fourth-order valence-electron chi connectivity index (χ4n) is 5.19. The Hall–Kier alpha value is -2.75. The van der Waals surface area contributed by atoms with Gasteiger partial charge in [0.25, 0.3) is 0 Å². The predicted molar refractivity (Wildman–Crippen MR) is 138 cm³/mol. The second-order valence-corrected chi connectivity index (χ2v) is 9.50. The van der Waals surface area contributed by atoms with E-state index in [4.69, 9.17) is 14.2 Å². The Morgan fingerprint density at radius 2 is 1.81 bits per heavy atom. The van der Waals surface area contributed by atoms with Crippen molar-refractivity contribution in [3.8, 4) is 0 Å². The number of carboxylic acid groups (broad SMARTS) is 1. The van der Waals surface area contributed by atoms with Gasteiger partial charge in [-0.05, 0) is 50.3 Å². The van der Waals surface area contributed by atoms with Crippen LogP contribution in [0.25, 0.3) is 0 Å². The first-order valence-corrected chi connectivity index (χ1v) is 12.9. The van der Waals surface area contributed by atoms with Crippen LogP contribution in [0.3, 0.4) is 0 Å². The molecule has 1 atom stereocenters. The van der Waals surface area contributed by atoms with Gasteiger partial charge in [0.1, 0.15) is 5.82 Å². The smallest absolute Gasteiger partial charge is 0.304 e. The third kappa shape index (κ3) is 6.72. The average molecular weight is 499 g/mol. The van der Waals surface area contributed by atoms with E-state index in [1.807, 2.05) is 18.5 Å². The molecule has 0 unspecified atom stereocenters. The first-order chi connectivity index (χ1) is 17.6. The maximum absolute atomic E-state index is 11.5. The van der Waals surface area contributed by atoms with E-state index in [0.717, 1.165) is 87.1 Å². The van der Waals surface area contributed by atoms with E-state index >= 15 is 0 Å². The summed E-state index contributed by atoms with van der Waals surface area (Å²) in [5.74, 6) is 0.107. The molecule has 2 N–H and O–H groups in total. The number of carbonyl (C=O) groups is 1. The van der Waals surface area contributed by atoms with Crippen molar-refractivity contribution in [2.45, 2.75) is 56.9 Å². The normalized spacial score (nSPS) is 18.1. The lowest BCUT2D eigenvalue weighted by Crippen LogP contribution is -2.39. The van der Waals surface area contributed by atoms with Gasteiger partial charge in [-0.1, -0.05) is 6.07 Å². The third-order valence-electron chi connectivity index (χ3n) is 7.10. The molecule has 9 heteroatoms. The Labute approximate surface area is 213 Å². The minimum absolute atomic E-state index is 0.00694. The number of nitrogens with zero attached hydrogens (tertiary/aromatic N) is 3. The number of carboxylic acids is 1. The van der Waals surface area contributed by atoms with Crippen LogP contribution in [0, 0.1) is 0 Å². The van der Waals surface area contributed by atoms with Gasteiger partial charge in [-0.3, -0.25) is 4.79 Å². The van der Waals surface area contributed by atoms with Crippen LogP contribution in [0.15, 0.2) is 30.6 Å². The highest BCUT2D eigenvalue weighted by molar-refractivity contribution is 5.77. The molecule has 2 fully saturated rings. The van der Waals surface area contributed by atoms with E-state index in [1.165, 1.54) is 0 Å². The summed E-state index contributed by atoms with van der Waals surface area (Å²) in [5, 5.41) is 13.0. The van der Waals surface area contributed by atoms with Crippen molar-refractivity contribution in [3.05, 3.63) is 42.0 Å². The molecule has 2 saturated heterocycles. The molecule has 0 aliphatic carbocycles. The van der Waals surface area contributed by atoms with Gasteiger partial charge in [-0.25, -0.2) is 9.97 Å². The van der Waals surface area contributed by atoms with Crippen LogP contribution in [0.5, 0.6) is 0 Å². The summed E-state index contributed by atoms with van der Waals surface area (Å²) in [6, 6.07) is 6.56. The lowest BCUT2D eigenvalue weighted by molar-refractivity contribution is -0.137. The number of ether oxygens (including phenoxy) is 3. The molecule has 3 heterocycles. The SMILES string of the molecule is CCN(c1ccc([C@@H](COC)CC(=O)O)cc1Nc1cnc(C2CCOCC2)nc1)C1CCOCC1. The van der Waals surface area contributed by atoms with Crippen molar-refractivity contribution in [1.29, 1.82) is 0 Å². The molecule has 0 radical (unpaired) electrons. The quantitative estimate of drug-likeness (QED) is 0.468. The minimum Gasteiger partial charge on any atom is -0.481 e. The first-order valence-electron chi connectivity index (χ1n) is 12.9. The average Bonchev–Trinajstić information content (AvgIpc) is 2.91. The van der Waals surface area contributed by atoms with Gasteiger partial charge >= 0.3 is 5.97 Å². The van der Waals surface area contributed by atoms with Crippen LogP contribution in [0.4, 0.5) is 17.1 Å². The highest BCUT2D eigenvalue weighted by Crippen LogP contribution is 2.36. The Morgan fingerprint density at radius 1 is 1.14 bits per heavy atom. The molecule has 4 rings (SSSR count). The van der Waals surface area contributed by atoms with Crippen molar-refractivity contribution in [1.82, 2.24) is 9.97 Å². The van der Waals surface area contributed by atoms with Crippen LogP contribution < -0.4 is 10.2 Å². The predicted octanol–water partition coefficient (Wildman–Crippen LogP) is 4.32. The van der Waals surface area contributed by atoms with Gasteiger partial charge in [-0.15, -0.1) is 0 Å². The molecule has 1 aromatic heterocycles. The van der Waals surface area contributed by atoms with E-state index < -0.39 is 5.97 Å². The molecule has 0 amide bonds. The second-order valence-electron chi connectivity index (χ2n) is 9.50. The molecule has 0 bridgehead atoms. The summed E-state index contributed by atoms with van der Waals surface area (Å²) < 4.78 is 16.4. The van der Waals surface area contributed by atoms with Crippen molar-refractivity contribution in [2.75, 3.05) is 56.9 Å². The molecular weight excluding hydrogens is 460 g/mol. The summed E-state index contributed by atoms with van der Waals surface area (Å²) in [5.41, 5.74) is 3.71. The standard InChI is InChI=1S/C27H38N4O5/c1-3-31(23-8-12-36-13-9-23)25-5-4-20(21(18-34-2)15-26(32)33)14-24(25)30-22-16-28-27(29-17-22)19-6-10-35-11-7-19/h4-5,14,16-17,19,21,23,30H,3,6-13,15,18H2,1-2H3,(H,32,33)/t21-/m1/s1. The maximum Gasteiger partial charge on any atom is 0.304 e. The van der Waals surface area contributed by atoms with Crippen LogP contribution in [-0.4, -0.2) is 73.8 Å². The van der Waals surface area contributed by atoms with Gasteiger partial charge < -0.3 is 29.5 Å². The maximum atomic E-state index is 11.5. The van der Waals surface area contributed by atoms with E-state index in [1.54, 1.807) is 7.11 Å². The Morgan fingerprint density at radius 3 is 2.42 bits per heavy atom. The molecular formula is C27H38N4O5. The van der Waals surface area contributed by atoms with Gasteiger partial charge in [0, 0.05) is 58.0 Å². The molecule has 36 heavy (non-hydrogen) atoms. The summed E-state index contributed by atoms with van der Waals surface area (Å²) in [7, 11) is 1.60. The Bertz CT molecular complexity index is 975. The monoisotopic (exact) mass is 498 g/mol. The van der Waals surface area contributed by atoms with Crippen molar-refractivity contribution >= 4 is 23.0 Å². The first kappa shape index (κ1) is 26.3. The van der Waals surface area contributed by atoms with Gasteiger partial charge in [0.15, 0.2) is 0 Å². The molecule has 1 aromatic carbocycles. The number of hydrogen-bond acceptors (Lipinski definition) is 8. The Kier molecular flexibility index (Phi) is 9.49. The molecule has 2 aliphatic rings. The van der Waals surface area contributed by atoms with Crippen molar-refractivity contribution in [2.24, 2.45) is 0 Å². The zero-order chi connectivity index (χ0) is 25.3. The fourth-order valence-corrected chi connectivity index (χ4v) is 5.19. The van der Waals surface area contributed by atoms with Gasteiger partial charge in [0.2, 0.25) is 0 Å². The number of benzene rings is 1. The van der Waals surface area contributed by atoms with E-state index in [9.17, 15) is 9.90 Å². The van der Waals surface area contributed by atoms with Crippen LogP contribution in [-0.2, 0) is 19.0 Å². The zero-order valence-corrected chi connectivity index (χ0v) is 21.3. The summed E-state index contributed by atoms with van der Waals surface area (Å²) >= 11 is 0. The number of anilines is 3. The van der Waals surface area contributed by atoms with Crippen LogP contribution in [0.2, 0.25) is 0 Å². The number of hydrogen-bond donors (Lipinski definition) is 2. The van der Waals surface area contributed by atoms with Crippen LogP contribution in [0.1, 0.15) is 62.3 Å². The summed E-state index contributed by atoms with van der Waals surface area (Å²) in [6.45, 7) is 6.39. The summed E-state index contributed by atoms with van der Waals surface area (Å²) in [4.78, 5) is 23.2. The molecule has 2 aliphatic heterocycles. The number of methoxy groups -OCH3 is 1. The van der Waals surface area contributed by atoms with E-state index in [2.05, 4.69) is 39.2 Å². The molecule has 196 valence electrons. The lowest BCUT2D eigenvalue weighted by atomic mass is 9.95. The number of aliphatic carboxylic acids is 1. The molecule has 0 spiro atoms. The molecule has 2 aromatic rings. The zero-order valence-electron chi connectivity index (χ0n) is 21.3. The largest absolute Gasteiger partial charge is 0.481 e.